The van der Waals surface area contributed by atoms with Gasteiger partial charge in [-0.05, 0) is 36.8 Å². The Kier molecular flexibility index (Phi) is 6.99. The third kappa shape index (κ3) is 5.73. The molecule has 1 saturated heterocycles. The SMILES string of the molecule is CC(Oc1ccc(N(C)S(C)(=O)=O)cc1)C(=O)N1CCN(Cc2ccccc2)CC1. The lowest BCUT2D eigenvalue weighted by Gasteiger charge is -2.35. The fourth-order valence-corrected chi connectivity index (χ4v) is 3.91. The molecular formula is C22H29N3O4S. The van der Waals surface area contributed by atoms with Crippen molar-refractivity contribution >= 4 is 21.6 Å². The van der Waals surface area contributed by atoms with Gasteiger partial charge in [0.2, 0.25) is 10.0 Å². The highest BCUT2D eigenvalue weighted by molar-refractivity contribution is 7.92. The summed E-state index contributed by atoms with van der Waals surface area (Å²) in [6.45, 7) is 5.66. The number of carbonyl (C=O) groups excluding carboxylic acids is 1. The first-order valence-corrected chi connectivity index (χ1v) is 11.8. The van der Waals surface area contributed by atoms with Crippen LogP contribution in [0.1, 0.15) is 12.5 Å². The van der Waals surface area contributed by atoms with Crippen LogP contribution in [0.5, 0.6) is 5.75 Å². The third-order valence-corrected chi connectivity index (χ3v) is 6.50. The molecule has 0 aromatic heterocycles. The summed E-state index contributed by atoms with van der Waals surface area (Å²) >= 11 is 0. The number of hydrogen-bond acceptors (Lipinski definition) is 5. The third-order valence-electron chi connectivity index (χ3n) is 5.29. The Bertz CT molecular complexity index is 940. The van der Waals surface area contributed by atoms with Crippen molar-refractivity contribution in [3.05, 3.63) is 60.2 Å². The Labute approximate surface area is 178 Å². The van der Waals surface area contributed by atoms with E-state index in [0.29, 0.717) is 24.5 Å². The largest absolute Gasteiger partial charge is 0.481 e. The topological polar surface area (TPSA) is 70.2 Å². The summed E-state index contributed by atoms with van der Waals surface area (Å²) in [5, 5.41) is 0. The van der Waals surface area contributed by atoms with Gasteiger partial charge in [-0.15, -0.1) is 0 Å². The predicted molar refractivity (Wildman–Crippen MR) is 118 cm³/mol. The first-order chi connectivity index (χ1) is 14.2. The van der Waals surface area contributed by atoms with E-state index in [2.05, 4.69) is 17.0 Å². The lowest BCUT2D eigenvalue weighted by Crippen LogP contribution is -2.51. The van der Waals surface area contributed by atoms with Crippen LogP contribution < -0.4 is 9.04 Å². The molecule has 3 rings (SSSR count). The molecule has 1 unspecified atom stereocenters. The molecule has 0 aliphatic carbocycles. The number of hydrogen-bond donors (Lipinski definition) is 0. The van der Waals surface area contributed by atoms with Crippen LogP contribution in [0, 0.1) is 0 Å². The maximum atomic E-state index is 12.8. The number of carbonyl (C=O) groups is 1. The maximum Gasteiger partial charge on any atom is 0.263 e. The summed E-state index contributed by atoms with van der Waals surface area (Å²) in [4.78, 5) is 17.0. The van der Waals surface area contributed by atoms with E-state index in [1.807, 2.05) is 23.1 Å². The molecule has 2 aromatic carbocycles. The van der Waals surface area contributed by atoms with Gasteiger partial charge in [0, 0.05) is 39.8 Å². The quantitative estimate of drug-likeness (QED) is 0.672. The molecule has 1 fully saturated rings. The van der Waals surface area contributed by atoms with E-state index >= 15 is 0 Å². The second-order valence-electron chi connectivity index (χ2n) is 7.57. The highest BCUT2D eigenvalue weighted by Crippen LogP contribution is 2.21. The summed E-state index contributed by atoms with van der Waals surface area (Å²) in [6, 6.07) is 17.0. The summed E-state index contributed by atoms with van der Waals surface area (Å²) in [5.74, 6) is 0.496. The summed E-state index contributed by atoms with van der Waals surface area (Å²) in [6.07, 6.45) is 0.543. The fraction of sp³-hybridized carbons (Fsp3) is 0.409. The van der Waals surface area contributed by atoms with Crippen LogP contribution in [0.15, 0.2) is 54.6 Å². The monoisotopic (exact) mass is 431 g/mol. The zero-order valence-electron chi connectivity index (χ0n) is 17.7. The molecule has 7 nitrogen and oxygen atoms in total. The first kappa shape index (κ1) is 22.1. The minimum Gasteiger partial charge on any atom is -0.481 e. The van der Waals surface area contributed by atoms with Crippen LogP contribution in [0.25, 0.3) is 0 Å². The number of rotatable bonds is 7. The standard InChI is InChI=1S/C22H29N3O4S/c1-18(29-21-11-9-20(10-12-21)23(2)30(3,27)28)22(26)25-15-13-24(14-16-25)17-19-7-5-4-6-8-19/h4-12,18H,13-17H2,1-3H3. The lowest BCUT2D eigenvalue weighted by molar-refractivity contribution is -0.139. The molecule has 0 bridgehead atoms. The van der Waals surface area contributed by atoms with E-state index < -0.39 is 16.1 Å². The van der Waals surface area contributed by atoms with Crippen molar-refractivity contribution in [2.24, 2.45) is 0 Å². The average molecular weight is 432 g/mol. The van der Waals surface area contributed by atoms with Gasteiger partial charge in [0.1, 0.15) is 5.75 Å². The molecule has 0 N–H and O–H groups in total. The van der Waals surface area contributed by atoms with E-state index in [4.69, 9.17) is 4.74 Å². The van der Waals surface area contributed by atoms with Gasteiger partial charge in [-0.25, -0.2) is 8.42 Å². The van der Waals surface area contributed by atoms with Crippen molar-refractivity contribution in [3.8, 4) is 5.75 Å². The van der Waals surface area contributed by atoms with Gasteiger partial charge in [-0.2, -0.15) is 0 Å². The Hall–Kier alpha value is -2.58. The van der Waals surface area contributed by atoms with E-state index in [-0.39, 0.29) is 5.91 Å². The average Bonchev–Trinajstić information content (AvgIpc) is 2.74. The van der Waals surface area contributed by atoms with Gasteiger partial charge >= 0.3 is 0 Å². The van der Waals surface area contributed by atoms with Crippen molar-refractivity contribution in [1.82, 2.24) is 9.80 Å². The zero-order valence-corrected chi connectivity index (χ0v) is 18.5. The number of benzene rings is 2. The van der Waals surface area contributed by atoms with Crippen LogP contribution in [-0.4, -0.2) is 69.7 Å². The second kappa shape index (κ2) is 9.49. The van der Waals surface area contributed by atoms with E-state index in [1.54, 1.807) is 31.2 Å². The van der Waals surface area contributed by atoms with Crippen LogP contribution in [-0.2, 0) is 21.4 Å². The molecule has 0 spiro atoms. The summed E-state index contributed by atoms with van der Waals surface area (Å²) < 4.78 is 30.2. The van der Waals surface area contributed by atoms with Crippen LogP contribution in [0.2, 0.25) is 0 Å². The Morgan fingerprint density at radius 1 is 1.03 bits per heavy atom. The maximum absolute atomic E-state index is 12.8. The first-order valence-electron chi connectivity index (χ1n) is 10.00. The van der Waals surface area contributed by atoms with Crippen molar-refractivity contribution < 1.29 is 17.9 Å². The molecule has 8 heteroatoms. The van der Waals surface area contributed by atoms with E-state index in [1.165, 1.54) is 16.9 Å². The van der Waals surface area contributed by atoms with Crippen molar-refractivity contribution in [1.29, 1.82) is 0 Å². The molecule has 1 heterocycles. The molecule has 1 aliphatic heterocycles. The van der Waals surface area contributed by atoms with Crippen LogP contribution in [0.4, 0.5) is 5.69 Å². The number of piperazine rings is 1. The van der Waals surface area contributed by atoms with E-state index in [0.717, 1.165) is 25.9 Å². The van der Waals surface area contributed by atoms with Crippen molar-refractivity contribution in [2.45, 2.75) is 19.6 Å². The molecule has 2 aromatic rings. The molecule has 1 amide bonds. The van der Waals surface area contributed by atoms with Crippen molar-refractivity contribution in [2.75, 3.05) is 43.8 Å². The van der Waals surface area contributed by atoms with Gasteiger partial charge in [0.15, 0.2) is 6.10 Å². The second-order valence-corrected chi connectivity index (χ2v) is 9.59. The molecule has 30 heavy (non-hydrogen) atoms. The number of nitrogens with zero attached hydrogens (tertiary/aromatic N) is 3. The van der Waals surface area contributed by atoms with Gasteiger partial charge in [0.25, 0.3) is 5.91 Å². The normalized spacial score (nSPS) is 16.2. The zero-order chi connectivity index (χ0) is 21.7. The minimum absolute atomic E-state index is 0.0355. The van der Waals surface area contributed by atoms with Gasteiger partial charge in [-0.1, -0.05) is 30.3 Å². The van der Waals surface area contributed by atoms with E-state index in [9.17, 15) is 13.2 Å². The van der Waals surface area contributed by atoms with Gasteiger partial charge in [-0.3, -0.25) is 14.0 Å². The fourth-order valence-electron chi connectivity index (χ4n) is 3.41. The summed E-state index contributed by atoms with van der Waals surface area (Å²) in [7, 11) is -1.82. The Balaban J connectivity index is 1.50. The number of amides is 1. The van der Waals surface area contributed by atoms with Gasteiger partial charge < -0.3 is 9.64 Å². The molecule has 162 valence electrons. The highest BCUT2D eigenvalue weighted by Gasteiger charge is 2.26. The van der Waals surface area contributed by atoms with Crippen LogP contribution >= 0.6 is 0 Å². The Morgan fingerprint density at radius 3 is 2.20 bits per heavy atom. The predicted octanol–water partition coefficient (Wildman–Crippen LogP) is 2.19. The van der Waals surface area contributed by atoms with Crippen LogP contribution in [0.3, 0.4) is 0 Å². The molecular weight excluding hydrogens is 402 g/mol. The lowest BCUT2D eigenvalue weighted by atomic mass is 10.2. The number of sulfonamides is 1. The number of ether oxygens (including phenoxy) is 1. The van der Waals surface area contributed by atoms with Crippen molar-refractivity contribution in [3.63, 3.8) is 0 Å². The summed E-state index contributed by atoms with van der Waals surface area (Å²) in [5.41, 5.74) is 1.82. The number of anilines is 1. The molecule has 1 atom stereocenters. The van der Waals surface area contributed by atoms with Gasteiger partial charge in [0.05, 0.1) is 11.9 Å². The Morgan fingerprint density at radius 2 is 1.63 bits per heavy atom. The molecule has 0 saturated carbocycles. The minimum atomic E-state index is -3.32. The molecule has 1 aliphatic rings. The smallest absolute Gasteiger partial charge is 0.263 e. The molecule has 0 radical (unpaired) electrons. The highest BCUT2D eigenvalue weighted by atomic mass is 32.2.